The van der Waals surface area contributed by atoms with Crippen molar-refractivity contribution in [1.29, 1.82) is 0 Å². The van der Waals surface area contributed by atoms with Crippen LogP contribution in [0.2, 0.25) is 0 Å². The van der Waals surface area contributed by atoms with Crippen molar-refractivity contribution >= 4 is 5.91 Å². The van der Waals surface area contributed by atoms with E-state index in [1.807, 2.05) is 4.90 Å². The Hall–Kier alpha value is -1.62. The molecule has 0 aromatic carbocycles. The first-order valence-corrected chi connectivity index (χ1v) is 6.93. The Labute approximate surface area is 112 Å². The van der Waals surface area contributed by atoms with Gasteiger partial charge in [0.2, 0.25) is 0 Å². The third kappa shape index (κ3) is 2.71. The van der Waals surface area contributed by atoms with Crippen LogP contribution in [0, 0.1) is 0 Å². The van der Waals surface area contributed by atoms with Crippen molar-refractivity contribution in [3.63, 3.8) is 0 Å². The minimum absolute atomic E-state index is 0.0301. The van der Waals surface area contributed by atoms with Gasteiger partial charge in [0.15, 0.2) is 0 Å². The summed E-state index contributed by atoms with van der Waals surface area (Å²) in [5, 5.41) is 13.2. The second kappa shape index (κ2) is 5.17. The summed E-state index contributed by atoms with van der Waals surface area (Å²) in [5.74, 6) is -0.103. The summed E-state index contributed by atoms with van der Waals surface area (Å²) in [7, 11) is 0. The predicted molar refractivity (Wildman–Crippen MR) is 71.0 cm³/mol. The Morgan fingerprint density at radius 2 is 2.32 bits per heavy atom. The lowest BCUT2D eigenvalue weighted by molar-refractivity contribution is 0.0725. The van der Waals surface area contributed by atoms with E-state index in [9.17, 15) is 9.90 Å². The van der Waals surface area contributed by atoms with Crippen molar-refractivity contribution < 1.29 is 9.90 Å². The van der Waals surface area contributed by atoms with Crippen LogP contribution in [-0.4, -0.2) is 46.1 Å². The van der Waals surface area contributed by atoms with Crippen molar-refractivity contribution in [2.24, 2.45) is 0 Å². The number of nitrogens with one attached hydrogen (secondary N) is 1. The second-order valence-corrected chi connectivity index (χ2v) is 5.37. The molecule has 1 aliphatic heterocycles. The van der Waals surface area contributed by atoms with Gasteiger partial charge in [-0.2, -0.15) is 0 Å². The van der Waals surface area contributed by atoms with Crippen LogP contribution in [0.15, 0.2) is 18.5 Å². The first-order chi connectivity index (χ1) is 9.25. The van der Waals surface area contributed by atoms with Crippen molar-refractivity contribution in [3.8, 4) is 5.75 Å². The molecular formula is C14H19N3O2. The van der Waals surface area contributed by atoms with Gasteiger partial charge in [-0.15, -0.1) is 0 Å². The van der Waals surface area contributed by atoms with E-state index in [4.69, 9.17) is 0 Å². The molecule has 1 atom stereocenters. The summed E-state index contributed by atoms with van der Waals surface area (Å²) < 4.78 is 0. The maximum atomic E-state index is 12.5. The van der Waals surface area contributed by atoms with Crippen LogP contribution < -0.4 is 5.32 Å². The Balaban J connectivity index is 1.76. The molecule has 0 radical (unpaired) electrons. The van der Waals surface area contributed by atoms with E-state index in [1.54, 1.807) is 12.3 Å². The SMILES string of the molecule is O=C(c1ccncc1O)N(CC1CCCN1)C1CC1. The zero-order chi connectivity index (χ0) is 13.2. The summed E-state index contributed by atoms with van der Waals surface area (Å²) >= 11 is 0. The molecule has 1 saturated heterocycles. The largest absolute Gasteiger partial charge is 0.505 e. The Morgan fingerprint density at radius 3 is 2.95 bits per heavy atom. The lowest BCUT2D eigenvalue weighted by Crippen LogP contribution is -2.42. The van der Waals surface area contributed by atoms with Crippen LogP contribution in [0.3, 0.4) is 0 Å². The molecule has 1 aromatic heterocycles. The van der Waals surface area contributed by atoms with Crippen molar-refractivity contribution in [1.82, 2.24) is 15.2 Å². The van der Waals surface area contributed by atoms with Crippen LogP contribution in [-0.2, 0) is 0 Å². The number of aromatic nitrogens is 1. The highest BCUT2D eigenvalue weighted by Gasteiger charge is 2.35. The van der Waals surface area contributed by atoms with E-state index in [-0.39, 0.29) is 11.7 Å². The van der Waals surface area contributed by atoms with Crippen molar-refractivity contribution in [2.75, 3.05) is 13.1 Å². The first-order valence-electron chi connectivity index (χ1n) is 6.93. The van der Waals surface area contributed by atoms with Crippen LogP contribution >= 0.6 is 0 Å². The molecule has 3 rings (SSSR count). The number of pyridine rings is 1. The van der Waals surface area contributed by atoms with Crippen LogP contribution in [0.1, 0.15) is 36.0 Å². The average molecular weight is 261 g/mol. The highest BCUT2D eigenvalue weighted by atomic mass is 16.3. The van der Waals surface area contributed by atoms with Crippen molar-refractivity contribution in [3.05, 3.63) is 24.0 Å². The number of rotatable bonds is 4. The summed E-state index contributed by atoms with van der Waals surface area (Å²) in [4.78, 5) is 18.3. The molecule has 2 aliphatic rings. The lowest BCUT2D eigenvalue weighted by atomic mass is 10.1. The fourth-order valence-electron chi connectivity index (χ4n) is 2.66. The number of hydrogen-bond donors (Lipinski definition) is 2. The van der Waals surface area contributed by atoms with Gasteiger partial charge in [0.05, 0.1) is 11.8 Å². The van der Waals surface area contributed by atoms with Gasteiger partial charge in [0.25, 0.3) is 5.91 Å². The van der Waals surface area contributed by atoms with E-state index >= 15 is 0 Å². The molecule has 2 N–H and O–H groups in total. The quantitative estimate of drug-likeness (QED) is 0.853. The maximum Gasteiger partial charge on any atom is 0.258 e. The Bertz CT molecular complexity index is 468. The minimum Gasteiger partial charge on any atom is -0.505 e. The van der Waals surface area contributed by atoms with Gasteiger partial charge in [0, 0.05) is 24.8 Å². The standard InChI is InChI=1S/C14H19N3O2/c18-13-8-15-7-5-12(13)14(19)17(11-3-4-11)9-10-2-1-6-16-10/h5,7-8,10-11,16,18H,1-4,6,9H2. The summed E-state index contributed by atoms with van der Waals surface area (Å²) in [6, 6.07) is 2.34. The number of nitrogens with zero attached hydrogens (tertiary/aromatic N) is 2. The Kier molecular flexibility index (Phi) is 3.38. The molecule has 5 heteroatoms. The normalized spacial score (nSPS) is 22.4. The summed E-state index contributed by atoms with van der Waals surface area (Å²) in [6.07, 6.45) is 7.32. The lowest BCUT2D eigenvalue weighted by Gasteiger charge is -2.26. The predicted octanol–water partition coefficient (Wildman–Crippen LogP) is 1.14. The zero-order valence-electron chi connectivity index (χ0n) is 10.9. The number of carbonyl (C=O) groups excluding carboxylic acids is 1. The molecule has 1 saturated carbocycles. The van der Waals surface area contributed by atoms with Crippen LogP contribution in [0.4, 0.5) is 0 Å². The molecule has 0 spiro atoms. The zero-order valence-corrected chi connectivity index (χ0v) is 10.9. The average Bonchev–Trinajstić information content (AvgIpc) is 3.13. The van der Waals surface area contributed by atoms with Gasteiger partial charge < -0.3 is 15.3 Å². The van der Waals surface area contributed by atoms with E-state index in [2.05, 4.69) is 10.3 Å². The van der Waals surface area contributed by atoms with E-state index in [0.717, 1.165) is 32.4 Å². The van der Waals surface area contributed by atoms with E-state index < -0.39 is 0 Å². The van der Waals surface area contributed by atoms with Crippen LogP contribution in [0.25, 0.3) is 0 Å². The highest BCUT2D eigenvalue weighted by molar-refractivity contribution is 5.97. The smallest absolute Gasteiger partial charge is 0.258 e. The monoisotopic (exact) mass is 261 g/mol. The fourth-order valence-corrected chi connectivity index (χ4v) is 2.66. The van der Waals surface area contributed by atoms with Gasteiger partial charge in [-0.1, -0.05) is 0 Å². The molecule has 19 heavy (non-hydrogen) atoms. The first kappa shape index (κ1) is 12.4. The van der Waals surface area contributed by atoms with Gasteiger partial charge in [-0.3, -0.25) is 9.78 Å². The number of aromatic hydroxyl groups is 1. The van der Waals surface area contributed by atoms with Gasteiger partial charge in [-0.05, 0) is 38.3 Å². The minimum atomic E-state index is -0.0731. The fraction of sp³-hybridized carbons (Fsp3) is 0.571. The third-order valence-corrected chi connectivity index (χ3v) is 3.86. The maximum absolute atomic E-state index is 12.5. The van der Waals surface area contributed by atoms with Crippen molar-refractivity contribution in [2.45, 2.75) is 37.8 Å². The number of amides is 1. The summed E-state index contributed by atoms with van der Waals surface area (Å²) in [6.45, 7) is 1.78. The molecule has 1 amide bonds. The molecule has 1 unspecified atom stereocenters. The number of carbonyl (C=O) groups is 1. The van der Waals surface area contributed by atoms with Gasteiger partial charge in [0.1, 0.15) is 5.75 Å². The highest BCUT2D eigenvalue weighted by Crippen LogP contribution is 2.30. The molecule has 102 valence electrons. The molecule has 1 aliphatic carbocycles. The Morgan fingerprint density at radius 1 is 1.47 bits per heavy atom. The molecular weight excluding hydrogens is 242 g/mol. The van der Waals surface area contributed by atoms with E-state index in [0.29, 0.717) is 17.6 Å². The summed E-state index contributed by atoms with van der Waals surface area (Å²) in [5.41, 5.74) is 0.361. The molecule has 5 nitrogen and oxygen atoms in total. The second-order valence-electron chi connectivity index (χ2n) is 5.37. The third-order valence-electron chi connectivity index (χ3n) is 3.86. The number of hydrogen-bond acceptors (Lipinski definition) is 4. The molecule has 2 heterocycles. The molecule has 2 fully saturated rings. The molecule has 0 bridgehead atoms. The topological polar surface area (TPSA) is 65.5 Å². The van der Waals surface area contributed by atoms with Gasteiger partial charge in [-0.25, -0.2) is 0 Å². The molecule has 1 aromatic rings. The van der Waals surface area contributed by atoms with Gasteiger partial charge >= 0.3 is 0 Å². The van der Waals surface area contributed by atoms with E-state index in [1.165, 1.54) is 12.6 Å². The van der Waals surface area contributed by atoms with Crippen LogP contribution in [0.5, 0.6) is 5.75 Å².